The quantitative estimate of drug-likeness (QED) is 0.256. The Morgan fingerprint density at radius 1 is 1.00 bits per heavy atom. The number of alkyl halides is 6. The lowest BCUT2D eigenvalue weighted by molar-refractivity contribution is -0.953. The minimum atomic E-state index is -5.46. The number of nitrogens with zero attached hydrogens (tertiary/aromatic N) is 2. The van der Waals surface area contributed by atoms with Gasteiger partial charge in [0.25, 0.3) is 15.9 Å². The highest BCUT2D eigenvalue weighted by molar-refractivity contribution is 7.93. The Labute approximate surface area is 280 Å². The second-order valence-corrected chi connectivity index (χ2v) is 13.5. The first kappa shape index (κ1) is 36.0. The van der Waals surface area contributed by atoms with Gasteiger partial charge >= 0.3 is 18.6 Å². The molecule has 0 radical (unpaired) electrons. The number of likely N-dealkylation sites (N-methyl/N-ethyl adjacent to an activating group) is 2. The summed E-state index contributed by atoms with van der Waals surface area (Å²) in [6.45, 7) is -0.491. The molecule has 19 heteroatoms. The minimum Gasteiger partial charge on any atom is -0.497 e. The predicted molar refractivity (Wildman–Crippen MR) is 159 cm³/mol. The highest BCUT2D eigenvalue weighted by Gasteiger charge is 2.72. The smallest absolute Gasteiger partial charge is 0.497 e. The number of carbonyl (C=O) groups excluding carboxylic acids is 2. The molecule has 0 aromatic heterocycles. The van der Waals surface area contributed by atoms with Gasteiger partial charge in [-0.15, -0.1) is 26.3 Å². The van der Waals surface area contributed by atoms with Gasteiger partial charge in [-0.1, -0.05) is 23.7 Å². The van der Waals surface area contributed by atoms with Crippen LogP contribution in [0.5, 0.6) is 17.2 Å². The molecule has 0 saturated carbocycles. The first-order valence-electron chi connectivity index (χ1n) is 14.1. The summed E-state index contributed by atoms with van der Waals surface area (Å²) in [5.74, 6) is -4.77. The van der Waals surface area contributed by atoms with Crippen molar-refractivity contribution in [3.8, 4) is 17.2 Å². The number of rotatable bonds is 8. The summed E-state index contributed by atoms with van der Waals surface area (Å²) in [5, 5.41) is 13.2. The molecule has 3 aromatic rings. The third-order valence-corrected chi connectivity index (χ3v) is 10.5. The van der Waals surface area contributed by atoms with E-state index >= 15 is 4.79 Å². The van der Waals surface area contributed by atoms with Crippen LogP contribution in [-0.4, -0.2) is 82.4 Å². The number of para-hydroxylation sites is 1. The molecule has 1 saturated heterocycles. The van der Waals surface area contributed by atoms with Gasteiger partial charge < -0.3 is 24.6 Å². The molecule has 5 rings (SSSR count). The number of fused-ring (bicyclic) bond motifs is 1. The van der Waals surface area contributed by atoms with Gasteiger partial charge in [0.15, 0.2) is 11.8 Å². The van der Waals surface area contributed by atoms with Gasteiger partial charge in [0.1, 0.15) is 29.0 Å². The van der Waals surface area contributed by atoms with Crippen LogP contribution < -0.4 is 23.8 Å². The van der Waals surface area contributed by atoms with Gasteiger partial charge in [-0.2, -0.15) is 4.31 Å². The molecule has 1 fully saturated rings. The third-order valence-electron chi connectivity index (χ3n) is 8.55. The maximum atomic E-state index is 15.3. The van der Waals surface area contributed by atoms with Crippen LogP contribution >= 0.6 is 11.6 Å². The van der Waals surface area contributed by atoms with E-state index in [0.717, 1.165) is 49.6 Å². The Hall–Kier alpha value is -4.26. The van der Waals surface area contributed by atoms with Crippen LogP contribution in [0.15, 0.2) is 65.6 Å². The lowest BCUT2D eigenvalue weighted by Gasteiger charge is -2.48. The zero-order valence-corrected chi connectivity index (χ0v) is 27.2. The van der Waals surface area contributed by atoms with Crippen LogP contribution in [-0.2, 0) is 25.2 Å². The second-order valence-electron chi connectivity index (χ2n) is 11.3. The van der Waals surface area contributed by atoms with E-state index in [9.17, 15) is 44.7 Å². The van der Waals surface area contributed by atoms with Crippen LogP contribution in [0.25, 0.3) is 0 Å². The number of sulfonamides is 1. The number of nitrogens with one attached hydrogen (secondary N) is 1. The van der Waals surface area contributed by atoms with E-state index in [1.54, 1.807) is 0 Å². The van der Waals surface area contributed by atoms with Crippen molar-refractivity contribution in [2.45, 2.75) is 41.7 Å². The zero-order chi connectivity index (χ0) is 36.3. The van der Waals surface area contributed by atoms with E-state index in [0.29, 0.717) is 12.1 Å². The average molecular weight is 739 g/mol. The molecule has 0 spiro atoms. The predicted octanol–water partition coefficient (Wildman–Crippen LogP) is 4.45. The Balaban J connectivity index is 1.91. The van der Waals surface area contributed by atoms with Gasteiger partial charge in [0.05, 0.1) is 31.0 Å². The molecule has 49 heavy (non-hydrogen) atoms. The maximum absolute atomic E-state index is 15.3. The number of hydrogen-bond donors (Lipinski definition) is 2. The van der Waals surface area contributed by atoms with Gasteiger partial charge in [0.2, 0.25) is 5.54 Å². The number of methoxy groups -OCH3 is 1. The molecule has 4 atom stereocenters. The Morgan fingerprint density at radius 3 is 2.24 bits per heavy atom. The maximum Gasteiger partial charge on any atom is 0.573 e. The summed E-state index contributed by atoms with van der Waals surface area (Å²) >= 11 is 6.36. The van der Waals surface area contributed by atoms with E-state index < -0.39 is 90.9 Å². The average Bonchev–Trinajstić information content (AvgIpc) is 3.45. The largest absolute Gasteiger partial charge is 0.573 e. The number of ether oxygens (including phenoxy) is 3. The Bertz CT molecular complexity index is 1930. The standard InChI is InChI=1S/C30H26ClF6N3O8S/c1-38-26(42)22-13-17(41)15-40(22,2)28(19-6-4-5-7-23(19)47-29(32,33)34)20-12-16(31)8-10-21(20)39(27(28)43)49(44,45)25-11-9-18(46-3)14-24(25)48-30(35,36)37/h4-12,14,17,22,41H,13,15H2,1-3H3/p+1/t17-,22+,28?,40?/m1/s1. The van der Waals surface area contributed by atoms with Crippen molar-refractivity contribution in [3.05, 3.63) is 76.8 Å². The number of amides is 2. The highest BCUT2D eigenvalue weighted by atomic mass is 35.5. The Kier molecular flexibility index (Phi) is 9.01. The second kappa shape index (κ2) is 12.3. The number of hydrogen-bond acceptors (Lipinski definition) is 8. The first-order valence-corrected chi connectivity index (χ1v) is 16.0. The summed E-state index contributed by atoms with van der Waals surface area (Å²) in [4.78, 5) is 27.5. The fourth-order valence-electron chi connectivity index (χ4n) is 6.76. The fourth-order valence-corrected chi connectivity index (χ4v) is 8.49. The number of aliphatic hydroxyl groups is 1. The van der Waals surface area contributed by atoms with Crippen molar-refractivity contribution in [2.75, 3.05) is 32.1 Å². The number of anilines is 1. The number of aliphatic hydroxyl groups excluding tert-OH is 1. The topological polar surface area (TPSA) is 131 Å². The molecular weight excluding hydrogens is 712 g/mol. The van der Waals surface area contributed by atoms with Gasteiger partial charge in [0, 0.05) is 24.6 Å². The van der Waals surface area contributed by atoms with Crippen LogP contribution in [0.4, 0.5) is 32.0 Å². The summed E-state index contributed by atoms with van der Waals surface area (Å²) in [7, 11) is -1.85. The lowest BCUT2D eigenvalue weighted by Crippen LogP contribution is -2.69. The van der Waals surface area contributed by atoms with E-state index in [2.05, 4.69) is 14.8 Å². The van der Waals surface area contributed by atoms with Crippen molar-refractivity contribution < 1.29 is 68.1 Å². The molecule has 2 heterocycles. The zero-order valence-electron chi connectivity index (χ0n) is 25.6. The molecule has 2 N–H and O–H groups in total. The third kappa shape index (κ3) is 6.00. The molecular formula is C30H27ClF6N3O8S+. The summed E-state index contributed by atoms with van der Waals surface area (Å²) in [5.41, 5.74) is -4.10. The fraction of sp³-hybridized carbons (Fsp3) is 0.333. The molecule has 0 aliphatic carbocycles. The minimum absolute atomic E-state index is 0.127. The SMILES string of the molecule is CNC(=O)[C@@H]1C[C@@H](O)C[N+]1(C)C1(c2ccccc2OC(F)(F)F)C(=O)N(S(=O)(=O)c2ccc(OC)cc2OC(F)(F)F)c2ccc(Cl)cc21. The van der Waals surface area contributed by atoms with Crippen molar-refractivity contribution >= 4 is 39.1 Å². The summed E-state index contributed by atoms with van der Waals surface area (Å²) in [6.07, 6.45) is -12.4. The van der Waals surface area contributed by atoms with E-state index in [4.69, 9.17) is 16.3 Å². The van der Waals surface area contributed by atoms with Crippen molar-refractivity contribution in [1.29, 1.82) is 0 Å². The molecule has 3 aromatic carbocycles. The molecule has 2 aliphatic heterocycles. The number of benzene rings is 3. The van der Waals surface area contributed by atoms with Crippen LogP contribution in [0.1, 0.15) is 17.5 Å². The van der Waals surface area contributed by atoms with Crippen LogP contribution in [0, 0.1) is 0 Å². The normalized spacial score (nSPS) is 24.1. The molecule has 2 amide bonds. The van der Waals surface area contributed by atoms with Gasteiger partial charge in [-0.25, -0.2) is 8.42 Å². The van der Waals surface area contributed by atoms with Crippen molar-refractivity contribution in [1.82, 2.24) is 5.32 Å². The Morgan fingerprint density at radius 2 is 1.63 bits per heavy atom. The van der Waals surface area contributed by atoms with Crippen LogP contribution in [0.3, 0.4) is 0 Å². The van der Waals surface area contributed by atoms with Crippen molar-refractivity contribution in [3.63, 3.8) is 0 Å². The summed E-state index contributed by atoms with van der Waals surface area (Å²) in [6, 6.07) is 8.52. The first-order chi connectivity index (χ1) is 22.7. The molecule has 264 valence electrons. The lowest BCUT2D eigenvalue weighted by atomic mass is 9.78. The molecule has 2 aliphatic rings. The van der Waals surface area contributed by atoms with E-state index in [-0.39, 0.29) is 27.1 Å². The number of likely N-dealkylation sites (tertiary alicyclic amines) is 1. The number of quaternary nitrogens is 1. The summed E-state index contributed by atoms with van der Waals surface area (Å²) < 4.78 is 124. The number of halogens is 7. The molecule has 2 unspecified atom stereocenters. The van der Waals surface area contributed by atoms with Crippen LogP contribution in [0.2, 0.25) is 5.02 Å². The highest BCUT2D eigenvalue weighted by Crippen LogP contribution is 2.58. The monoisotopic (exact) mass is 738 g/mol. The van der Waals surface area contributed by atoms with E-state index in [1.807, 2.05) is 0 Å². The van der Waals surface area contributed by atoms with Crippen molar-refractivity contribution in [2.24, 2.45) is 0 Å². The number of carbonyl (C=O) groups is 2. The molecule has 11 nitrogen and oxygen atoms in total. The van der Waals surface area contributed by atoms with Gasteiger partial charge in [-0.3, -0.25) is 14.1 Å². The van der Waals surface area contributed by atoms with E-state index in [1.165, 1.54) is 20.2 Å². The van der Waals surface area contributed by atoms with Gasteiger partial charge in [-0.05, 0) is 42.5 Å². The molecule has 0 bridgehead atoms.